The minimum Gasteiger partial charge on any atom is -0.385 e. The zero-order chi connectivity index (χ0) is 11.0. The molecule has 0 heterocycles. The Kier molecular flexibility index (Phi) is 7.15. The van der Waals surface area contributed by atoms with E-state index in [1.807, 2.05) is 0 Å². The van der Waals surface area contributed by atoms with E-state index in [9.17, 15) is 0 Å². The van der Waals surface area contributed by atoms with Gasteiger partial charge in [0.2, 0.25) is 0 Å². The molecule has 1 atom stereocenters. The van der Waals surface area contributed by atoms with Crippen LogP contribution in [0.5, 0.6) is 0 Å². The number of methoxy groups -OCH3 is 1. The Labute approximate surface area is 88.4 Å². The maximum Gasteiger partial charge on any atom is 0.0462 e. The molecule has 0 aliphatic rings. The van der Waals surface area contributed by atoms with E-state index in [4.69, 9.17) is 10.6 Å². The van der Waals surface area contributed by atoms with Gasteiger partial charge in [-0.15, -0.1) is 0 Å². The highest BCUT2D eigenvalue weighted by atomic mass is 16.5. The Bertz CT molecular complexity index is 132. The first-order valence-electron chi connectivity index (χ1n) is 5.44. The lowest BCUT2D eigenvalue weighted by Gasteiger charge is -2.22. The third-order valence-corrected chi connectivity index (χ3v) is 2.38. The standard InChI is InChI=1S/C11H26N2O/c1-11(2,3)8-7-10(13-12)6-5-9-14-4/h10,13H,5-9,12H2,1-4H3. The molecular formula is C11H26N2O. The van der Waals surface area contributed by atoms with Crippen LogP contribution in [0.1, 0.15) is 46.5 Å². The van der Waals surface area contributed by atoms with E-state index >= 15 is 0 Å². The van der Waals surface area contributed by atoms with Crippen LogP contribution in [0.3, 0.4) is 0 Å². The average molecular weight is 202 g/mol. The van der Waals surface area contributed by atoms with Crippen LogP contribution >= 0.6 is 0 Å². The van der Waals surface area contributed by atoms with Crippen molar-refractivity contribution in [3.05, 3.63) is 0 Å². The molecule has 0 aliphatic carbocycles. The first-order valence-corrected chi connectivity index (χ1v) is 5.44. The van der Waals surface area contributed by atoms with Gasteiger partial charge >= 0.3 is 0 Å². The van der Waals surface area contributed by atoms with E-state index in [0.717, 1.165) is 25.9 Å². The van der Waals surface area contributed by atoms with Gasteiger partial charge in [0.1, 0.15) is 0 Å². The van der Waals surface area contributed by atoms with Crippen molar-refractivity contribution in [2.45, 2.75) is 52.5 Å². The number of hydrogen-bond acceptors (Lipinski definition) is 3. The van der Waals surface area contributed by atoms with Crippen molar-refractivity contribution in [1.29, 1.82) is 0 Å². The maximum atomic E-state index is 5.49. The second kappa shape index (κ2) is 7.21. The largest absolute Gasteiger partial charge is 0.385 e. The maximum absolute atomic E-state index is 5.49. The molecule has 0 fully saturated rings. The molecule has 0 amide bonds. The van der Waals surface area contributed by atoms with Crippen LogP contribution in [0.2, 0.25) is 0 Å². The molecule has 0 radical (unpaired) electrons. The molecular weight excluding hydrogens is 176 g/mol. The third kappa shape index (κ3) is 8.48. The molecule has 0 saturated heterocycles. The lowest BCUT2D eigenvalue weighted by molar-refractivity contribution is 0.186. The van der Waals surface area contributed by atoms with Crippen LogP contribution in [0, 0.1) is 5.41 Å². The number of nitrogens with two attached hydrogens (primary N) is 1. The van der Waals surface area contributed by atoms with Crippen molar-refractivity contribution >= 4 is 0 Å². The summed E-state index contributed by atoms with van der Waals surface area (Å²) in [6.07, 6.45) is 4.52. The summed E-state index contributed by atoms with van der Waals surface area (Å²) in [5.74, 6) is 5.49. The number of rotatable bonds is 7. The monoisotopic (exact) mass is 202 g/mol. The van der Waals surface area contributed by atoms with E-state index in [0.29, 0.717) is 11.5 Å². The molecule has 86 valence electrons. The molecule has 0 rings (SSSR count). The van der Waals surface area contributed by atoms with E-state index in [2.05, 4.69) is 26.2 Å². The third-order valence-electron chi connectivity index (χ3n) is 2.38. The van der Waals surface area contributed by atoms with Gasteiger partial charge in [0.25, 0.3) is 0 Å². The normalized spacial score (nSPS) is 14.4. The highest BCUT2D eigenvalue weighted by Crippen LogP contribution is 2.22. The van der Waals surface area contributed by atoms with Gasteiger partial charge in [0.15, 0.2) is 0 Å². The second-order valence-corrected chi connectivity index (χ2v) is 5.10. The fourth-order valence-electron chi connectivity index (χ4n) is 1.39. The molecule has 0 aromatic heterocycles. The van der Waals surface area contributed by atoms with Gasteiger partial charge in [0, 0.05) is 19.8 Å². The van der Waals surface area contributed by atoms with Crippen molar-refractivity contribution < 1.29 is 4.74 Å². The van der Waals surface area contributed by atoms with Gasteiger partial charge in [-0.25, -0.2) is 0 Å². The fourth-order valence-corrected chi connectivity index (χ4v) is 1.39. The molecule has 0 aliphatic heterocycles. The molecule has 0 spiro atoms. The van der Waals surface area contributed by atoms with E-state index < -0.39 is 0 Å². The van der Waals surface area contributed by atoms with Crippen LogP contribution in [-0.4, -0.2) is 19.8 Å². The Morgan fingerprint density at radius 3 is 2.36 bits per heavy atom. The topological polar surface area (TPSA) is 47.3 Å². The predicted octanol–water partition coefficient (Wildman–Crippen LogP) is 2.07. The summed E-state index contributed by atoms with van der Waals surface area (Å²) in [5, 5.41) is 0. The highest BCUT2D eigenvalue weighted by molar-refractivity contribution is 4.69. The van der Waals surface area contributed by atoms with Crippen molar-refractivity contribution in [2.75, 3.05) is 13.7 Å². The Morgan fingerprint density at radius 1 is 1.29 bits per heavy atom. The molecule has 0 saturated carbocycles. The van der Waals surface area contributed by atoms with Gasteiger partial charge in [0.05, 0.1) is 0 Å². The van der Waals surface area contributed by atoms with Crippen LogP contribution in [0.25, 0.3) is 0 Å². The zero-order valence-corrected chi connectivity index (χ0v) is 10.1. The van der Waals surface area contributed by atoms with Crippen LogP contribution < -0.4 is 11.3 Å². The highest BCUT2D eigenvalue weighted by Gasteiger charge is 2.13. The van der Waals surface area contributed by atoms with Gasteiger partial charge in [-0.2, -0.15) is 0 Å². The van der Waals surface area contributed by atoms with E-state index in [-0.39, 0.29) is 0 Å². The molecule has 0 bridgehead atoms. The summed E-state index contributed by atoms with van der Waals surface area (Å²) in [4.78, 5) is 0. The summed E-state index contributed by atoms with van der Waals surface area (Å²) in [5.41, 5.74) is 3.28. The molecule has 0 aromatic rings. The van der Waals surface area contributed by atoms with Crippen LogP contribution in [-0.2, 0) is 4.74 Å². The Morgan fingerprint density at radius 2 is 1.93 bits per heavy atom. The van der Waals surface area contributed by atoms with Gasteiger partial charge in [-0.3, -0.25) is 11.3 Å². The summed E-state index contributed by atoms with van der Waals surface area (Å²) >= 11 is 0. The van der Waals surface area contributed by atoms with Crippen molar-refractivity contribution in [2.24, 2.45) is 11.3 Å². The first-order chi connectivity index (χ1) is 6.49. The number of hydrogen-bond donors (Lipinski definition) is 2. The van der Waals surface area contributed by atoms with E-state index in [1.54, 1.807) is 7.11 Å². The van der Waals surface area contributed by atoms with Gasteiger partial charge < -0.3 is 4.74 Å². The summed E-state index contributed by atoms with van der Waals surface area (Å²) in [7, 11) is 1.74. The van der Waals surface area contributed by atoms with Gasteiger partial charge in [-0.05, 0) is 31.1 Å². The van der Waals surface area contributed by atoms with Crippen LogP contribution in [0.15, 0.2) is 0 Å². The number of hydrazine groups is 1. The lowest BCUT2D eigenvalue weighted by atomic mass is 9.88. The summed E-state index contributed by atoms with van der Waals surface area (Å²) in [6, 6.07) is 0.435. The molecule has 3 N–H and O–H groups in total. The zero-order valence-electron chi connectivity index (χ0n) is 10.1. The SMILES string of the molecule is COCCCC(CCC(C)(C)C)NN. The lowest BCUT2D eigenvalue weighted by Crippen LogP contribution is -2.36. The number of ether oxygens (including phenoxy) is 1. The smallest absolute Gasteiger partial charge is 0.0462 e. The fraction of sp³-hybridized carbons (Fsp3) is 1.00. The Balaban J connectivity index is 3.58. The second-order valence-electron chi connectivity index (χ2n) is 5.10. The van der Waals surface area contributed by atoms with Crippen molar-refractivity contribution in [3.8, 4) is 0 Å². The molecule has 3 heteroatoms. The molecule has 14 heavy (non-hydrogen) atoms. The summed E-state index contributed by atoms with van der Waals surface area (Å²) in [6.45, 7) is 7.61. The molecule has 3 nitrogen and oxygen atoms in total. The number of nitrogens with one attached hydrogen (secondary N) is 1. The first kappa shape index (κ1) is 13.9. The van der Waals surface area contributed by atoms with E-state index in [1.165, 1.54) is 6.42 Å². The van der Waals surface area contributed by atoms with Crippen LogP contribution in [0.4, 0.5) is 0 Å². The van der Waals surface area contributed by atoms with Crippen molar-refractivity contribution in [3.63, 3.8) is 0 Å². The molecule has 0 aromatic carbocycles. The van der Waals surface area contributed by atoms with Crippen molar-refractivity contribution in [1.82, 2.24) is 5.43 Å². The average Bonchev–Trinajstić information content (AvgIpc) is 2.09. The Hall–Kier alpha value is -0.120. The predicted molar refractivity (Wildman–Crippen MR) is 60.9 cm³/mol. The minimum atomic E-state index is 0.399. The summed E-state index contributed by atoms with van der Waals surface area (Å²) < 4.78 is 5.01. The quantitative estimate of drug-likeness (QED) is 0.377. The minimum absolute atomic E-state index is 0.399. The molecule has 1 unspecified atom stereocenters. The van der Waals surface area contributed by atoms with Gasteiger partial charge in [-0.1, -0.05) is 20.8 Å².